The van der Waals surface area contributed by atoms with E-state index in [0.717, 1.165) is 44.5 Å². The summed E-state index contributed by atoms with van der Waals surface area (Å²) in [6.45, 7) is 6.26. The molecule has 1 aromatic carbocycles. The maximum absolute atomic E-state index is 13.0. The molecule has 6 nitrogen and oxygen atoms in total. The first-order valence-electron chi connectivity index (χ1n) is 9.95. The summed E-state index contributed by atoms with van der Waals surface area (Å²) in [6.07, 6.45) is 4.82. The Morgan fingerprint density at radius 3 is 2.75 bits per heavy atom. The third-order valence-electron chi connectivity index (χ3n) is 6.16. The fraction of sp³-hybridized carbons (Fsp3) is 0.571. The van der Waals surface area contributed by atoms with Crippen LogP contribution in [-0.2, 0) is 13.0 Å². The van der Waals surface area contributed by atoms with Crippen molar-refractivity contribution in [2.24, 2.45) is 11.1 Å². The lowest BCUT2D eigenvalue weighted by molar-refractivity contribution is 0.0533. The van der Waals surface area contributed by atoms with Crippen LogP contribution in [0.1, 0.15) is 55.7 Å². The van der Waals surface area contributed by atoms with E-state index in [4.69, 9.17) is 10.7 Å². The van der Waals surface area contributed by atoms with Gasteiger partial charge < -0.3 is 10.6 Å². The number of aromatic nitrogens is 2. The van der Waals surface area contributed by atoms with Gasteiger partial charge in [0.1, 0.15) is 5.82 Å². The molecule has 1 amide bonds. The van der Waals surface area contributed by atoms with Crippen LogP contribution in [-0.4, -0.2) is 39.5 Å². The molecule has 0 saturated carbocycles. The van der Waals surface area contributed by atoms with E-state index in [1.54, 1.807) is 18.2 Å². The van der Waals surface area contributed by atoms with Gasteiger partial charge in [0, 0.05) is 37.7 Å². The number of likely N-dealkylation sites (tertiary alicyclic amines) is 1. The number of hydrogen-bond donors (Lipinski definition) is 1. The van der Waals surface area contributed by atoms with Crippen LogP contribution < -0.4 is 11.3 Å². The van der Waals surface area contributed by atoms with Crippen molar-refractivity contribution in [3.63, 3.8) is 0 Å². The Morgan fingerprint density at radius 2 is 2.00 bits per heavy atom. The van der Waals surface area contributed by atoms with Crippen LogP contribution in [0.5, 0.6) is 0 Å². The molecule has 1 fully saturated rings. The Morgan fingerprint density at radius 1 is 1.21 bits per heavy atom. The quantitative estimate of drug-likeness (QED) is 0.792. The molecule has 2 aliphatic heterocycles. The summed E-state index contributed by atoms with van der Waals surface area (Å²) in [6, 6.07) is 5.41. The van der Waals surface area contributed by atoms with Gasteiger partial charge in [0.15, 0.2) is 0 Å². The molecule has 0 spiro atoms. The van der Waals surface area contributed by atoms with Gasteiger partial charge in [-0.2, -0.15) is 0 Å². The molecule has 4 rings (SSSR count). The van der Waals surface area contributed by atoms with Crippen molar-refractivity contribution in [3.8, 4) is 0 Å². The van der Waals surface area contributed by atoms with Crippen LogP contribution in [0.25, 0.3) is 10.9 Å². The molecule has 1 saturated heterocycles. The molecule has 0 radical (unpaired) electrons. The molecule has 2 aromatic rings. The Balaban J connectivity index is 0.00000225. The fourth-order valence-electron chi connectivity index (χ4n) is 4.28. The molecule has 1 unspecified atom stereocenters. The topological polar surface area (TPSA) is 81.2 Å². The largest absolute Gasteiger partial charge is 0.338 e. The highest BCUT2D eigenvalue weighted by molar-refractivity contribution is 5.97. The second-order valence-electron chi connectivity index (χ2n) is 8.64. The molecular weight excluding hydrogens is 376 g/mol. The zero-order chi connectivity index (χ0) is 19.2. The average molecular weight is 405 g/mol. The van der Waals surface area contributed by atoms with E-state index in [2.05, 4.69) is 13.8 Å². The van der Waals surface area contributed by atoms with Gasteiger partial charge in [-0.3, -0.25) is 14.2 Å². The van der Waals surface area contributed by atoms with Gasteiger partial charge in [-0.25, -0.2) is 4.98 Å². The Kier molecular flexibility index (Phi) is 5.82. The summed E-state index contributed by atoms with van der Waals surface area (Å²) in [5, 5.41) is 0.596. The predicted molar refractivity (Wildman–Crippen MR) is 113 cm³/mol. The zero-order valence-electron chi connectivity index (χ0n) is 16.6. The average Bonchev–Trinajstić information content (AvgIpc) is 2.88. The van der Waals surface area contributed by atoms with Gasteiger partial charge in [-0.15, -0.1) is 12.4 Å². The van der Waals surface area contributed by atoms with Crippen molar-refractivity contribution in [2.45, 2.75) is 58.5 Å². The second-order valence-corrected chi connectivity index (χ2v) is 8.64. The third kappa shape index (κ3) is 3.67. The van der Waals surface area contributed by atoms with Crippen molar-refractivity contribution < 1.29 is 4.79 Å². The highest BCUT2D eigenvalue weighted by atomic mass is 35.5. The molecule has 1 aromatic heterocycles. The lowest BCUT2D eigenvalue weighted by Crippen LogP contribution is -2.54. The third-order valence-corrected chi connectivity index (χ3v) is 6.16. The zero-order valence-corrected chi connectivity index (χ0v) is 17.4. The first kappa shape index (κ1) is 20.8. The molecule has 28 heavy (non-hydrogen) atoms. The van der Waals surface area contributed by atoms with Crippen LogP contribution >= 0.6 is 12.4 Å². The number of rotatable bonds is 1. The van der Waals surface area contributed by atoms with E-state index in [-0.39, 0.29) is 35.3 Å². The number of hydrogen-bond acceptors (Lipinski definition) is 4. The van der Waals surface area contributed by atoms with Crippen LogP contribution in [0.3, 0.4) is 0 Å². The standard InChI is InChI=1S/C21H28N4O2.ClH/c1-21(2)13-24(11-9-17(21)22)19(26)14-7-8-15-16(12-14)23-18-6-4-3-5-10-25(18)20(15)27;/h7-8,12,17H,3-6,9-11,13,22H2,1-2H3;1H. The molecule has 3 heterocycles. The summed E-state index contributed by atoms with van der Waals surface area (Å²) >= 11 is 0. The summed E-state index contributed by atoms with van der Waals surface area (Å²) in [5.41, 5.74) is 7.34. The van der Waals surface area contributed by atoms with E-state index in [1.165, 1.54) is 0 Å². The Labute approximate surface area is 171 Å². The number of amides is 1. The van der Waals surface area contributed by atoms with Gasteiger partial charge in [0.2, 0.25) is 0 Å². The number of halogens is 1. The van der Waals surface area contributed by atoms with Gasteiger partial charge in [0.25, 0.3) is 11.5 Å². The number of carbonyl (C=O) groups is 1. The van der Waals surface area contributed by atoms with Gasteiger partial charge in [-0.1, -0.05) is 20.3 Å². The molecule has 1 atom stereocenters. The number of carbonyl (C=O) groups excluding carboxylic acids is 1. The summed E-state index contributed by atoms with van der Waals surface area (Å²) in [7, 11) is 0. The Hall–Kier alpha value is -1.92. The maximum Gasteiger partial charge on any atom is 0.261 e. The van der Waals surface area contributed by atoms with E-state index < -0.39 is 0 Å². The van der Waals surface area contributed by atoms with Gasteiger partial charge >= 0.3 is 0 Å². The normalized spacial score (nSPS) is 21.5. The monoisotopic (exact) mass is 404 g/mol. The minimum atomic E-state index is -0.0981. The van der Waals surface area contributed by atoms with Crippen LogP contribution in [0.4, 0.5) is 0 Å². The van der Waals surface area contributed by atoms with Crippen molar-refractivity contribution in [1.29, 1.82) is 0 Å². The summed E-state index contributed by atoms with van der Waals surface area (Å²) in [5.74, 6) is 0.841. The number of nitrogens with zero attached hydrogens (tertiary/aromatic N) is 3. The fourth-order valence-corrected chi connectivity index (χ4v) is 4.28. The number of aryl methyl sites for hydroxylation is 1. The van der Waals surface area contributed by atoms with E-state index in [9.17, 15) is 9.59 Å². The van der Waals surface area contributed by atoms with Crippen LogP contribution in [0.2, 0.25) is 0 Å². The number of benzene rings is 1. The molecule has 0 aliphatic carbocycles. The predicted octanol–water partition coefficient (Wildman–Crippen LogP) is 2.74. The highest BCUT2D eigenvalue weighted by Crippen LogP contribution is 2.29. The van der Waals surface area contributed by atoms with Gasteiger partial charge in [-0.05, 0) is 42.9 Å². The summed E-state index contributed by atoms with van der Waals surface area (Å²) < 4.78 is 1.81. The molecule has 2 aliphatic rings. The molecule has 152 valence electrons. The van der Waals surface area contributed by atoms with Gasteiger partial charge in [0.05, 0.1) is 10.9 Å². The second kappa shape index (κ2) is 7.84. The minimum absolute atomic E-state index is 0. The number of piperidine rings is 1. The first-order valence-corrected chi connectivity index (χ1v) is 9.95. The summed E-state index contributed by atoms with van der Waals surface area (Å²) in [4.78, 5) is 32.5. The van der Waals surface area contributed by atoms with Crippen LogP contribution in [0.15, 0.2) is 23.0 Å². The highest BCUT2D eigenvalue weighted by Gasteiger charge is 2.35. The molecule has 0 bridgehead atoms. The number of nitrogens with two attached hydrogens (primary N) is 1. The molecule has 2 N–H and O–H groups in total. The van der Waals surface area contributed by atoms with Crippen molar-refractivity contribution in [2.75, 3.05) is 13.1 Å². The lowest BCUT2D eigenvalue weighted by Gasteiger charge is -2.42. The smallest absolute Gasteiger partial charge is 0.261 e. The van der Waals surface area contributed by atoms with E-state index >= 15 is 0 Å². The van der Waals surface area contributed by atoms with E-state index in [1.807, 2.05) is 9.47 Å². The molecular formula is C21H29ClN4O2. The minimum Gasteiger partial charge on any atom is -0.338 e. The number of fused-ring (bicyclic) bond motifs is 2. The Bertz CT molecular complexity index is 953. The lowest BCUT2D eigenvalue weighted by atomic mass is 9.79. The van der Waals surface area contributed by atoms with Crippen LogP contribution in [0, 0.1) is 5.41 Å². The van der Waals surface area contributed by atoms with Crippen molar-refractivity contribution in [3.05, 3.63) is 39.9 Å². The molecule has 7 heteroatoms. The van der Waals surface area contributed by atoms with Crippen molar-refractivity contribution in [1.82, 2.24) is 14.5 Å². The SMILES string of the molecule is CC1(C)CN(C(=O)c2ccc3c(=O)n4c(nc3c2)CCCCC4)CCC1N.Cl. The first-order chi connectivity index (χ1) is 12.9. The van der Waals surface area contributed by atoms with E-state index in [0.29, 0.717) is 29.6 Å². The maximum atomic E-state index is 13.0. The van der Waals surface area contributed by atoms with Crippen molar-refractivity contribution >= 4 is 29.2 Å².